The van der Waals surface area contributed by atoms with Crippen LogP contribution >= 0.6 is 0 Å². The van der Waals surface area contributed by atoms with E-state index in [1.807, 2.05) is 19.1 Å². The summed E-state index contributed by atoms with van der Waals surface area (Å²) in [5, 5.41) is 0. The molecule has 1 saturated carbocycles. The molecule has 0 N–H and O–H groups in total. The zero-order valence-electron chi connectivity index (χ0n) is 22.1. The first-order valence-electron chi connectivity index (χ1n) is 14.0. The van der Waals surface area contributed by atoms with Gasteiger partial charge in [0.2, 0.25) is 0 Å². The highest BCUT2D eigenvalue weighted by Gasteiger charge is 2.26. The van der Waals surface area contributed by atoms with E-state index in [1.54, 1.807) is 36.4 Å². The van der Waals surface area contributed by atoms with E-state index in [0.29, 0.717) is 47.4 Å². The van der Waals surface area contributed by atoms with E-state index in [4.69, 9.17) is 0 Å². The van der Waals surface area contributed by atoms with Gasteiger partial charge in [-0.25, -0.2) is 17.6 Å². The average Bonchev–Trinajstić information content (AvgIpc) is 2.92. The lowest BCUT2D eigenvalue weighted by molar-refractivity contribution is 0.303. The highest BCUT2D eigenvalue weighted by molar-refractivity contribution is 5.65. The molecule has 0 atom stereocenters. The maximum atomic E-state index is 15.1. The highest BCUT2D eigenvalue weighted by atomic mass is 19.2. The van der Waals surface area contributed by atoms with Crippen LogP contribution in [0.25, 0.3) is 11.1 Å². The third kappa shape index (κ3) is 6.45. The van der Waals surface area contributed by atoms with E-state index in [2.05, 4.69) is 6.92 Å². The van der Waals surface area contributed by atoms with Crippen LogP contribution in [0.15, 0.2) is 48.5 Å². The van der Waals surface area contributed by atoms with Crippen molar-refractivity contribution in [1.29, 1.82) is 0 Å². The van der Waals surface area contributed by atoms with Crippen LogP contribution in [-0.2, 0) is 19.3 Å². The standard InChI is InChI=1S/C33H38F4/c1-3-5-7-26-18-19-27(31(35)30(26)34)17-12-23-10-15-25(16-11-23)29-21-20-28(32(36)33(29)37)24-13-8-22(6-4-2)9-14-24/h10-11,15-16,18-22,24H,3-9,12-14,17H2,1-2H3. The molecule has 0 aromatic heterocycles. The van der Waals surface area contributed by atoms with Crippen molar-refractivity contribution in [2.45, 2.75) is 90.4 Å². The minimum Gasteiger partial charge on any atom is -0.203 e. The SMILES string of the molecule is CCCCc1ccc(CCc2ccc(-c3ccc(C4CCC(CCC)CC4)c(F)c3F)cc2)c(F)c1F. The number of halogens is 4. The van der Waals surface area contributed by atoms with Gasteiger partial charge in [0.15, 0.2) is 23.3 Å². The number of unbranched alkanes of at least 4 members (excludes halogenated alkanes) is 1. The van der Waals surface area contributed by atoms with Gasteiger partial charge in [0, 0.05) is 5.56 Å². The van der Waals surface area contributed by atoms with Gasteiger partial charge in [-0.2, -0.15) is 0 Å². The van der Waals surface area contributed by atoms with Crippen LogP contribution < -0.4 is 0 Å². The zero-order valence-corrected chi connectivity index (χ0v) is 22.1. The van der Waals surface area contributed by atoms with Gasteiger partial charge >= 0.3 is 0 Å². The molecule has 0 aliphatic heterocycles. The average molecular weight is 511 g/mol. The molecular weight excluding hydrogens is 472 g/mol. The third-order valence-electron chi connectivity index (χ3n) is 8.09. The first-order chi connectivity index (χ1) is 17.9. The monoisotopic (exact) mass is 510 g/mol. The normalized spacial score (nSPS) is 17.8. The van der Waals surface area contributed by atoms with Gasteiger partial charge in [-0.15, -0.1) is 0 Å². The minimum absolute atomic E-state index is 0.0879. The molecule has 4 rings (SSSR count). The van der Waals surface area contributed by atoms with Crippen molar-refractivity contribution < 1.29 is 17.6 Å². The molecule has 0 amide bonds. The van der Waals surface area contributed by atoms with Gasteiger partial charge in [0.25, 0.3) is 0 Å². The summed E-state index contributed by atoms with van der Waals surface area (Å²) in [7, 11) is 0. The second kappa shape index (κ2) is 12.8. The van der Waals surface area contributed by atoms with Crippen LogP contribution in [-0.4, -0.2) is 0 Å². The van der Waals surface area contributed by atoms with E-state index in [9.17, 15) is 8.78 Å². The van der Waals surface area contributed by atoms with Crippen molar-refractivity contribution in [2.75, 3.05) is 0 Å². The van der Waals surface area contributed by atoms with Crippen LogP contribution in [0, 0.1) is 29.2 Å². The molecule has 1 fully saturated rings. The lowest BCUT2D eigenvalue weighted by Crippen LogP contribution is -2.15. The molecule has 0 unspecified atom stereocenters. The number of hydrogen-bond acceptors (Lipinski definition) is 0. The third-order valence-corrected chi connectivity index (χ3v) is 8.09. The summed E-state index contributed by atoms with van der Waals surface area (Å²) in [5.41, 5.74) is 3.08. The molecule has 0 spiro atoms. The van der Waals surface area contributed by atoms with Crippen LogP contribution in [0.5, 0.6) is 0 Å². The smallest absolute Gasteiger partial charge is 0.166 e. The van der Waals surface area contributed by atoms with E-state index in [-0.39, 0.29) is 11.5 Å². The number of hydrogen-bond donors (Lipinski definition) is 0. The van der Waals surface area contributed by atoms with Gasteiger partial charge in [0.1, 0.15) is 0 Å². The first kappa shape index (κ1) is 27.4. The Labute approximate surface area is 219 Å². The summed E-state index contributed by atoms with van der Waals surface area (Å²) in [5.74, 6) is -2.21. The summed E-state index contributed by atoms with van der Waals surface area (Å²) in [6.45, 7) is 4.22. The van der Waals surface area contributed by atoms with Gasteiger partial charge < -0.3 is 0 Å². The predicted octanol–water partition coefficient (Wildman–Crippen LogP) is 10.1. The van der Waals surface area contributed by atoms with Crippen LogP contribution in [0.4, 0.5) is 17.6 Å². The van der Waals surface area contributed by atoms with Crippen LogP contribution in [0.2, 0.25) is 0 Å². The quantitative estimate of drug-likeness (QED) is 0.238. The molecule has 0 saturated heterocycles. The maximum Gasteiger partial charge on any atom is 0.166 e. The number of benzene rings is 3. The zero-order chi connectivity index (χ0) is 26.4. The fraction of sp³-hybridized carbons (Fsp3) is 0.455. The molecule has 0 radical (unpaired) electrons. The second-order valence-corrected chi connectivity index (χ2v) is 10.6. The summed E-state index contributed by atoms with van der Waals surface area (Å²) in [6, 6.07) is 14.0. The molecule has 198 valence electrons. The Hall–Kier alpha value is -2.62. The Kier molecular flexibility index (Phi) is 9.45. The van der Waals surface area contributed by atoms with E-state index in [0.717, 1.165) is 44.1 Å². The largest absolute Gasteiger partial charge is 0.203 e. The van der Waals surface area contributed by atoms with Crippen LogP contribution in [0.3, 0.4) is 0 Å². The van der Waals surface area contributed by atoms with Crippen molar-refractivity contribution in [3.8, 4) is 11.1 Å². The van der Waals surface area contributed by atoms with Crippen molar-refractivity contribution in [3.05, 3.63) is 94.1 Å². The molecule has 0 bridgehead atoms. The van der Waals surface area contributed by atoms with Gasteiger partial charge in [-0.1, -0.05) is 81.6 Å². The van der Waals surface area contributed by atoms with Gasteiger partial charge in [0.05, 0.1) is 0 Å². The summed E-state index contributed by atoms with van der Waals surface area (Å²) in [6.07, 6.45) is 9.60. The molecule has 37 heavy (non-hydrogen) atoms. The Bertz CT molecular complexity index is 1170. The summed E-state index contributed by atoms with van der Waals surface area (Å²) < 4.78 is 59.1. The number of aryl methyl sites for hydroxylation is 3. The maximum absolute atomic E-state index is 15.1. The molecule has 1 aliphatic rings. The Balaban J connectivity index is 1.41. The summed E-state index contributed by atoms with van der Waals surface area (Å²) >= 11 is 0. The summed E-state index contributed by atoms with van der Waals surface area (Å²) in [4.78, 5) is 0. The topological polar surface area (TPSA) is 0 Å². The molecule has 0 heterocycles. The van der Waals surface area contributed by atoms with Crippen molar-refractivity contribution in [1.82, 2.24) is 0 Å². The van der Waals surface area contributed by atoms with Crippen molar-refractivity contribution in [3.63, 3.8) is 0 Å². The Morgan fingerprint density at radius 2 is 1.27 bits per heavy atom. The van der Waals surface area contributed by atoms with Crippen LogP contribution in [0.1, 0.15) is 93.4 Å². The van der Waals surface area contributed by atoms with E-state index in [1.165, 1.54) is 12.8 Å². The Morgan fingerprint density at radius 1 is 0.622 bits per heavy atom. The highest BCUT2D eigenvalue weighted by Crippen LogP contribution is 2.40. The molecule has 3 aromatic rings. The lowest BCUT2D eigenvalue weighted by Gasteiger charge is -2.29. The fourth-order valence-electron chi connectivity index (χ4n) is 5.79. The second-order valence-electron chi connectivity index (χ2n) is 10.6. The van der Waals surface area contributed by atoms with Gasteiger partial charge in [-0.05, 0) is 91.0 Å². The fourth-order valence-corrected chi connectivity index (χ4v) is 5.79. The Morgan fingerprint density at radius 3 is 1.89 bits per heavy atom. The lowest BCUT2D eigenvalue weighted by atomic mass is 9.77. The van der Waals surface area contributed by atoms with Gasteiger partial charge in [-0.3, -0.25) is 0 Å². The van der Waals surface area contributed by atoms with E-state index < -0.39 is 23.3 Å². The predicted molar refractivity (Wildman–Crippen MR) is 144 cm³/mol. The molecular formula is C33H38F4. The van der Waals surface area contributed by atoms with Crippen molar-refractivity contribution in [2.24, 2.45) is 5.92 Å². The molecule has 4 heteroatoms. The molecule has 0 nitrogen and oxygen atoms in total. The first-order valence-corrected chi connectivity index (χ1v) is 14.0. The molecule has 1 aliphatic carbocycles. The minimum atomic E-state index is -0.790. The van der Waals surface area contributed by atoms with Crippen molar-refractivity contribution >= 4 is 0 Å². The van der Waals surface area contributed by atoms with E-state index >= 15 is 8.78 Å². The molecule has 3 aromatic carbocycles. The number of rotatable bonds is 10.